The number of nitrogens with zero attached hydrogens (tertiary/aromatic N) is 1. The Labute approximate surface area is 93.1 Å². The summed E-state index contributed by atoms with van der Waals surface area (Å²) >= 11 is 0. The molecule has 1 aromatic carbocycles. The molecular weight excluding hydrogens is 182 g/mol. The lowest BCUT2D eigenvalue weighted by molar-refractivity contribution is 0.185. The van der Waals surface area contributed by atoms with Crippen molar-refractivity contribution in [3.8, 4) is 0 Å². The van der Waals surface area contributed by atoms with Crippen LogP contribution in [0.25, 0.3) is 0 Å². The minimum atomic E-state index is 0.917. The Morgan fingerprint density at radius 2 is 2.07 bits per heavy atom. The summed E-state index contributed by atoms with van der Waals surface area (Å²) in [5, 5.41) is 0. The molecular formula is C14H20N. The Balaban J connectivity index is 1.92. The van der Waals surface area contributed by atoms with Crippen LogP contribution < -0.4 is 0 Å². The van der Waals surface area contributed by atoms with Gasteiger partial charge in [-0.25, -0.2) is 0 Å². The lowest BCUT2D eigenvalue weighted by Crippen LogP contribution is -2.32. The SMILES string of the molecule is [CH2]c1cccc(CN2CCC(C)CC2)c1. The van der Waals surface area contributed by atoms with E-state index in [1.165, 1.54) is 31.5 Å². The van der Waals surface area contributed by atoms with Gasteiger partial charge < -0.3 is 0 Å². The molecule has 1 radical (unpaired) electrons. The number of hydrogen-bond acceptors (Lipinski definition) is 1. The van der Waals surface area contributed by atoms with Gasteiger partial charge in [0.05, 0.1) is 0 Å². The summed E-state index contributed by atoms with van der Waals surface area (Å²) in [7, 11) is 0. The van der Waals surface area contributed by atoms with Crippen LogP contribution in [0.2, 0.25) is 0 Å². The van der Waals surface area contributed by atoms with Crippen molar-refractivity contribution in [2.24, 2.45) is 5.92 Å². The molecule has 81 valence electrons. The third-order valence-corrected chi connectivity index (χ3v) is 3.27. The number of benzene rings is 1. The van der Waals surface area contributed by atoms with Crippen LogP contribution in [-0.2, 0) is 6.54 Å². The van der Waals surface area contributed by atoms with Gasteiger partial charge in [0, 0.05) is 6.54 Å². The van der Waals surface area contributed by atoms with Gasteiger partial charge in [0.1, 0.15) is 0 Å². The zero-order valence-corrected chi connectivity index (χ0v) is 9.58. The van der Waals surface area contributed by atoms with Gasteiger partial charge in [-0.2, -0.15) is 0 Å². The fraction of sp³-hybridized carbons (Fsp3) is 0.500. The van der Waals surface area contributed by atoms with Crippen LogP contribution in [0.5, 0.6) is 0 Å². The molecule has 0 unspecified atom stereocenters. The molecule has 1 saturated heterocycles. The van der Waals surface area contributed by atoms with E-state index in [1.807, 2.05) is 0 Å². The summed E-state index contributed by atoms with van der Waals surface area (Å²) in [6.45, 7) is 9.92. The molecule has 1 heterocycles. The molecule has 0 aromatic heterocycles. The van der Waals surface area contributed by atoms with Crippen LogP contribution in [0.15, 0.2) is 24.3 Å². The van der Waals surface area contributed by atoms with Gasteiger partial charge in [-0.3, -0.25) is 4.90 Å². The van der Waals surface area contributed by atoms with Gasteiger partial charge in [0.15, 0.2) is 0 Å². The molecule has 0 saturated carbocycles. The van der Waals surface area contributed by atoms with Gasteiger partial charge in [-0.05, 0) is 49.9 Å². The van der Waals surface area contributed by atoms with E-state index in [0.29, 0.717) is 0 Å². The summed E-state index contributed by atoms with van der Waals surface area (Å²) in [5.41, 5.74) is 2.52. The molecule has 0 amide bonds. The Morgan fingerprint density at radius 1 is 1.33 bits per heavy atom. The van der Waals surface area contributed by atoms with Gasteiger partial charge in [0.25, 0.3) is 0 Å². The second-order valence-corrected chi connectivity index (χ2v) is 4.78. The van der Waals surface area contributed by atoms with Crippen molar-refractivity contribution in [2.75, 3.05) is 13.1 Å². The van der Waals surface area contributed by atoms with Crippen molar-refractivity contribution in [1.82, 2.24) is 4.90 Å². The molecule has 0 spiro atoms. The maximum Gasteiger partial charge on any atom is 0.0233 e. The summed E-state index contributed by atoms with van der Waals surface area (Å²) in [5.74, 6) is 0.917. The van der Waals surface area contributed by atoms with Crippen LogP contribution in [-0.4, -0.2) is 18.0 Å². The van der Waals surface area contributed by atoms with E-state index in [-0.39, 0.29) is 0 Å². The second-order valence-electron chi connectivity index (χ2n) is 4.78. The van der Waals surface area contributed by atoms with Crippen molar-refractivity contribution in [3.63, 3.8) is 0 Å². The number of piperidine rings is 1. The zero-order valence-electron chi connectivity index (χ0n) is 9.58. The minimum Gasteiger partial charge on any atom is -0.299 e. The van der Waals surface area contributed by atoms with E-state index in [9.17, 15) is 0 Å². The van der Waals surface area contributed by atoms with Crippen molar-refractivity contribution in [2.45, 2.75) is 26.3 Å². The first-order valence-electron chi connectivity index (χ1n) is 5.87. The molecule has 1 fully saturated rings. The Hall–Kier alpha value is -0.820. The van der Waals surface area contributed by atoms with Crippen molar-refractivity contribution in [1.29, 1.82) is 0 Å². The predicted octanol–water partition coefficient (Wildman–Crippen LogP) is 3.10. The van der Waals surface area contributed by atoms with Gasteiger partial charge in [0.2, 0.25) is 0 Å². The topological polar surface area (TPSA) is 3.24 Å². The highest BCUT2D eigenvalue weighted by atomic mass is 15.1. The highest BCUT2D eigenvalue weighted by molar-refractivity contribution is 5.25. The van der Waals surface area contributed by atoms with Crippen LogP contribution in [0.1, 0.15) is 30.9 Å². The second kappa shape index (κ2) is 4.80. The first-order valence-corrected chi connectivity index (χ1v) is 5.87. The lowest BCUT2D eigenvalue weighted by atomic mass is 9.99. The first kappa shape index (κ1) is 10.7. The molecule has 2 rings (SSSR count). The highest BCUT2D eigenvalue weighted by Gasteiger charge is 2.15. The van der Waals surface area contributed by atoms with Crippen molar-refractivity contribution < 1.29 is 0 Å². The number of rotatable bonds is 2. The molecule has 1 aromatic rings. The van der Waals surface area contributed by atoms with E-state index in [4.69, 9.17) is 0 Å². The number of likely N-dealkylation sites (tertiary alicyclic amines) is 1. The maximum atomic E-state index is 3.97. The van der Waals surface area contributed by atoms with E-state index in [1.54, 1.807) is 0 Å². The molecule has 0 atom stereocenters. The van der Waals surface area contributed by atoms with Crippen LogP contribution in [0.4, 0.5) is 0 Å². The molecule has 0 N–H and O–H groups in total. The van der Waals surface area contributed by atoms with E-state index < -0.39 is 0 Å². The number of hydrogen-bond donors (Lipinski definition) is 0. The Morgan fingerprint density at radius 3 is 2.73 bits per heavy atom. The third kappa shape index (κ3) is 3.07. The first-order chi connectivity index (χ1) is 7.24. The standard InChI is InChI=1S/C14H20N/c1-12-6-8-15(9-7-12)11-14-5-3-4-13(2)10-14/h3-5,10,12H,2,6-9,11H2,1H3. The lowest BCUT2D eigenvalue weighted by Gasteiger charge is -2.30. The van der Waals surface area contributed by atoms with Gasteiger partial charge in [-0.1, -0.05) is 31.2 Å². The average Bonchev–Trinajstić information content (AvgIpc) is 2.22. The van der Waals surface area contributed by atoms with Crippen LogP contribution in [0, 0.1) is 12.8 Å². The smallest absolute Gasteiger partial charge is 0.0233 e. The highest BCUT2D eigenvalue weighted by Crippen LogP contribution is 2.18. The quantitative estimate of drug-likeness (QED) is 0.712. The van der Waals surface area contributed by atoms with E-state index in [0.717, 1.165) is 18.0 Å². The molecule has 1 aliphatic rings. The van der Waals surface area contributed by atoms with Crippen LogP contribution >= 0.6 is 0 Å². The summed E-state index contributed by atoms with van der Waals surface area (Å²) in [4.78, 5) is 2.55. The van der Waals surface area contributed by atoms with Gasteiger partial charge >= 0.3 is 0 Å². The van der Waals surface area contributed by atoms with Crippen molar-refractivity contribution in [3.05, 3.63) is 42.3 Å². The normalized spacial score (nSPS) is 19.3. The third-order valence-electron chi connectivity index (χ3n) is 3.27. The largest absolute Gasteiger partial charge is 0.299 e. The zero-order chi connectivity index (χ0) is 10.7. The molecule has 0 bridgehead atoms. The average molecular weight is 202 g/mol. The van der Waals surface area contributed by atoms with Crippen molar-refractivity contribution >= 4 is 0 Å². The fourth-order valence-electron chi connectivity index (χ4n) is 2.21. The van der Waals surface area contributed by atoms with E-state index >= 15 is 0 Å². The molecule has 1 nitrogen and oxygen atoms in total. The molecule has 1 heteroatoms. The molecule has 15 heavy (non-hydrogen) atoms. The Kier molecular flexibility index (Phi) is 3.42. The van der Waals surface area contributed by atoms with Gasteiger partial charge in [-0.15, -0.1) is 0 Å². The van der Waals surface area contributed by atoms with E-state index in [2.05, 4.69) is 43.0 Å². The van der Waals surface area contributed by atoms with Crippen LogP contribution in [0.3, 0.4) is 0 Å². The predicted molar refractivity (Wildman–Crippen MR) is 64.6 cm³/mol. The minimum absolute atomic E-state index is 0.917. The monoisotopic (exact) mass is 202 g/mol. The summed E-state index contributed by atoms with van der Waals surface area (Å²) in [6.07, 6.45) is 2.70. The Bertz CT molecular complexity index is 311. The molecule has 1 aliphatic heterocycles. The fourth-order valence-corrected chi connectivity index (χ4v) is 2.21. The maximum absolute atomic E-state index is 3.97. The summed E-state index contributed by atoms with van der Waals surface area (Å²) < 4.78 is 0. The molecule has 0 aliphatic carbocycles. The summed E-state index contributed by atoms with van der Waals surface area (Å²) in [6, 6.07) is 8.55.